The van der Waals surface area contributed by atoms with Crippen LogP contribution in [0, 0.1) is 0 Å². The molecule has 0 N–H and O–H groups in total. The summed E-state index contributed by atoms with van der Waals surface area (Å²) in [6, 6.07) is 85.0. The second-order valence-corrected chi connectivity index (χ2v) is 20.5. The third-order valence-corrected chi connectivity index (χ3v) is 16.0. The summed E-state index contributed by atoms with van der Waals surface area (Å²) in [5.74, 6) is 1.95. The number of rotatable bonds is 4. The van der Waals surface area contributed by atoms with Gasteiger partial charge in [0, 0.05) is 55.6 Å². The summed E-state index contributed by atoms with van der Waals surface area (Å²) in [6.45, 7) is 0. The maximum Gasteiger partial charge on any atom is 0.0934 e. The van der Waals surface area contributed by atoms with Crippen LogP contribution in [0.4, 0.5) is 0 Å². The van der Waals surface area contributed by atoms with Crippen molar-refractivity contribution in [1.29, 1.82) is 0 Å². The van der Waals surface area contributed by atoms with Crippen molar-refractivity contribution in [1.82, 2.24) is 39.9 Å². The number of benzene rings is 12. The second-order valence-electron chi connectivity index (χ2n) is 20.5. The van der Waals surface area contributed by atoms with Gasteiger partial charge in [-0.05, 0) is 123 Å². The van der Waals surface area contributed by atoms with Crippen LogP contribution in [0.2, 0.25) is 0 Å². The predicted octanol–water partition coefficient (Wildman–Crippen LogP) is 17.3. The van der Waals surface area contributed by atoms with Crippen LogP contribution in [0.3, 0.4) is 0 Å². The van der Waals surface area contributed by atoms with Crippen LogP contribution < -0.4 is 9.97 Å². The van der Waals surface area contributed by atoms with Crippen molar-refractivity contribution in [3.8, 4) is 90.1 Å². The van der Waals surface area contributed by atoms with Crippen LogP contribution in [-0.4, -0.2) is 29.9 Å². The van der Waals surface area contributed by atoms with Crippen LogP contribution in [0.25, 0.3) is 177 Å². The van der Waals surface area contributed by atoms with E-state index in [9.17, 15) is 0 Å². The van der Waals surface area contributed by atoms with Crippen LogP contribution in [0.1, 0.15) is 0 Å². The van der Waals surface area contributed by atoms with E-state index in [0.717, 1.165) is 149 Å². The maximum atomic E-state index is 8.19. The van der Waals surface area contributed by atoms with E-state index in [1.54, 1.807) is 0 Å². The van der Waals surface area contributed by atoms with Gasteiger partial charge in [-0.3, -0.25) is 0 Å². The average molecular weight is 1080 g/mol. The monoisotopic (exact) mass is 1080 g/mol. The summed E-state index contributed by atoms with van der Waals surface area (Å²) in [5.41, 5.74) is 13.5. The molecule has 0 atom stereocenters. The molecule has 9 nitrogen and oxygen atoms in total. The fourth-order valence-corrected chi connectivity index (χ4v) is 12.6. The molecule has 12 aromatic carbocycles. The fourth-order valence-electron chi connectivity index (χ4n) is 12.6. The maximum absolute atomic E-state index is 8.19. The van der Waals surface area contributed by atoms with Crippen molar-refractivity contribution in [2.24, 2.45) is 0 Å². The van der Waals surface area contributed by atoms with Crippen molar-refractivity contribution in [3.63, 3.8) is 0 Å². The summed E-state index contributed by atoms with van der Waals surface area (Å²) in [6.07, 6.45) is 0. The molecule has 0 radical (unpaired) electrons. The molecule has 10 heteroatoms. The molecule has 5 heterocycles. The Morgan fingerprint density at radius 2 is 0.524 bits per heavy atom. The molecule has 8 bridgehead atoms. The van der Waals surface area contributed by atoms with E-state index in [0.29, 0.717) is 45.9 Å². The number of aromatic nitrogens is 8. The molecule has 0 amide bonds. The summed E-state index contributed by atoms with van der Waals surface area (Å²) in [4.78, 5) is 45.0. The molecular formula is C72H40N8OV. The van der Waals surface area contributed by atoms with E-state index >= 15 is 0 Å². The first-order valence-corrected chi connectivity index (χ1v) is 27.6. The van der Waals surface area contributed by atoms with Gasteiger partial charge in [0.05, 0.1) is 23.3 Å². The predicted molar refractivity (Wildman–Crippen MR) is 326 cm³/mol. The molecule has 2 aliphatic rings. The summed E-state index contributed by atoms with van der Waals surface area (Å²) in [7, 11) is 0. The number of nitrogens with zero attached hydrogens (tertiary/aromatic N) is 8. The molecule has 0 saturated carbocycles. The molecule has 379 valence electrons. The third kappa shape index (κ3) is 7.41. The zero-order valence-electron chi connectivity index (χ0n) is 43.5. The summed E-state index contributed by atoms with van der Waals surface area (Å²) in [5, 5.41) is 11.9. The van der Waals surface area contributed by atoms with Crippen LogP contribution >= 0.6 is 0 Å². The van der Waals surface area contributed by atoms with E-state index in [1.807, 2.05) is 0 Å². The molecular weight excluding hydrogens is 1040 g/mol. The van der Waals surface area contributed by atoms with Crippen molar-refractivity contribution >= 4 is 87.2 Å². The second kappa shape index (κ2) is 19.1. The molecule has 15 aromatic rings. The van der Waals surface area contributed by atoms with Gasteiger partial charge in [0.15, 0.2) is 0 Å². The van der Waals surface area contributed by atoms with Gasteiger partial charge in [-0.2, -0.15) is 0 Å². The van der Waals surface area contributed by atoms with Gasteiger partial charge < -0.3 is 29.9 Å². The van der Waals surface area contributed by atoms with Gasteiger partial charge in [0.2, 0.25) is 0 Å². The van der Waals surface area contributed by atoms with Crippen molar-refractivity contribution < 1.29 is 21.0 Å². The van der Waals surface area contributed by atoms with E-state index in [-0.39, 0.29) is 0 Å². The van der Waals surface area contributed by atoms with Gasteiger partial charge in [0.1, 0.15) is 0 Å². The zero-order valence-corrected chi connectivity index (χ0v) is 44.9. The van der Waals surface area contributed by atoms with Gasteiger partial charge in [-0.25, -0.2) is 9.97 Å². The minimum Gasteiger partial charge on any atom is -0.357 e. The standard InChI is InChI=1S/C72H40N8.O.V/c1-5-21-41(22-6-1)57-49-33-17-13-29-45(49)37-53-61(57)69-73-65(53)78-70-63-55(39-47-31-15-19-35-51(47)59(63)43-25-9-3-10-26-43)67(75-70)80-72-64-56(40-48-32-16-20-36-52(48)60(64)44-27-11-4-12-28-44)68(76-72)79-71-62-54(66(74-71)77-69)38-46-30-14-18-34-50(46)58(62)42-23-7-2-8-24-42;;/h1-40H;;/q-2;;+2. The van der Waals surface area contributed by atoms with E-state index in [4.69, 9.17) is 43.5 Å². The van der Waals surface area contributed by atoms with Gasteiger partial charge >= 0.3 is 21.0 Å². The first kappa shape index (κ1) is 47.4. The SMILES string of the molecule is [O]=[V+2].c1ccc(-c2c3c(cc4ccccc24)-c2nc-3nc3[n-]c(nc4nc(nc5[n-]c(n2)c2c(-c6ccccc6)c6ccccc6cc52)-c2c-4cc4ccccc4c2-c2ccccc2)c2c(-c4ccccc4)c4ccccc4cc32)cc1. The van der Waals surface area contributed by atoms with E-state index in [2.05, 4.69) is 243 Å². The Morgan fingerprint density at radius 1 is 0.244 bits per heavy atom. The van der Waals surface area contributed by atoms with Crippen LogP contribution in [-0.2, 0) is 21.0 Å². The minimum atomic E-state index is 0.486. The molecule has 0 aliphatic carbocycles. The minimum absolute atomic E-state index is 0.486. The molecule has 0 fully saturated rings. The smallest absolute Gasteiger partial charge is 0.0934 e. The topological polar surface area (TPSA) is 123 Å². The third-order valence-electron chi connectivity index (χ3n) is 16.0. The first-order valence-electron chi connectivity index (χ1n) is 27.0. The Labute approximate surface area is 478 Å². The molecule has 0 saturated heterocycles. The van der Waals surface area contributed by atoms with Crippen molar-refractivity contribution in [3.05, 3.63) is 243 Å². The van der Waals surface area contributed by atoms with Crippen LogP contribution in [0.15, 0.2) is 243 Å². The van der Waals surface area contributed by atoms with Gasteiger partial charge in [-0.1, -0.05) is 218 Å². The normalized spacial score (nSPS) is 11.8. The van der Waals surface area contributed by atoms with Crippen LogP contribution in [0.5, 0.6) is 0 Å². The molecule has 2 aliphatic heterocycles. The largest absolute Gasteiger partial charge is 0.357 e. The Bertz CT molecular complexity index is 4990. The quantitative estimate of drug-likeness (QED) is 0.169. The Kier molecular flexibility index (Phi) is 11.0. The van der Waals surface area contributed by atoms with Gasteiger partial charge in [-0.15, -0.1) is 0 Å². The van der Waals surface area contributed by atoms with Crippen molar-refractivity contribution in [2.75, 3.05) is 0 Å². The van der Waals surface area contributed by atoms with Crippen molar-refractivity contribution in [2.45, 2.75) is 0 Å². The first-order chi connectivity index (χ1) is 40.7. The number of fused-ring (bicyclic) bond motifs is 24. The number of hydrogen-bond acceptors (Lipinski definition) is 7. The Hall–Kier alpha value is -10.6. The van der Waals surface area contributed by atoms with Gasteiger partial charge in [0.25, 0.3) is 0 Å². The summed E-state index contributed by atoms with van der Waals surface area (Å²) < 4.78 is 8.19. The average Bonchev–Trinajstić information content (AvgIpc) is 4.09. The molecule has 82 heavy (non-hydrogen) atoms. The number of hydrogen-bond donors (Lipinski definition) is 0. The van der Waals surface area contributed by atoms with E-state index < -0.39 is 0 Å². The molecule has 0 unspecified atom stereocenters. The molecule has 3 aromatic heterocycles. The molecule has 17 rings (SSSR count). The van der Waals surface area contributed by atoms with E-state index in [1.165, 1.54) is 0 Å². The summed E-state index contributed by atoms with van der Waals surface area (Å²) >= 11 is 1.06. The molecule has 0 spiro atoms. The Morgan fingerprint density at radius 3 is 0.878 bits per heavy atom. The Balaban J connectivity index is 0.00000274. The fraction of sp³-hybridized carbons (Fsp3) is 0. The zero-order chi connectivity index (χ0) is 54.4.